The second-order valence-electron chi connectivity index (χ2n) is 3.56. The van der Waals surface area contributed by atoms with Crippen LogP contribution in [0.25, 0.3) is 0 Å². The Kier molecular flexibility index (Phi) is 4.71. The van der Waals surface area contributed by atoms with E-state index in [1.807, 2.05) is 24.3 Å². The Morgan fingerprint density at radius 1 is 1.10 bits per heavy atom. The first-order valence-electron chi connectivity index (χ1n) is 5.64. The van der Waals surface area contributed by atoms with Crippen LogP contribution in [0, 0.1) is 22.7 Å². The smallest absolute Gasteiger partial charge is 0.192 e. The third-order valence-electron chi connectivity index (χ3n) is 2.24. The fourth-order valence-electron chi connectivity index (χ4n) is 1.35. The number of aromatic nitrogens is 2. The van der Waals surface area contributed by atoms with Gasteiger partial charge in [-0.05, 0) is 30.0 Å². The quantitative estimate of drug-likeness (QED) is 0.684. The van der Waals surface area contributed by atoms with Crippen LogP contribution in [0.15, 0.2) is 64.6 Å². The largest absolute Gasteiger partial charge is 0.359 e. The highest BCUT2D eigenvalue weighted by Crippen LogP contribution is 2.30. The topological polar surface area (TPSA) is 85.4 Å². The van der Waals surface area contributed by atoms with E-state index < -0.39 is 0 Å². The number of nitrogens with zero attached hydrogens (tertiary/aromatic N) is 4. The van der Waals surface area contributed by atoms with Crippen molar-refractivity contribution in [1.29, 1.82) is 10.5 Å². The normalized spacial score (nSPS) is 9.10. The molecular weight excluding hydrogens is 270 g/mol. The average Bonchev–Trinajstić information content (AvgIpc) is 2.51. The molecule has 0 fully saturated rings. The van der Waals surface area contributed by atoms with Crippen LogP contribution < -0.4 is 5.32 Å². The predicted molar refractivity (Wildman–Crippen MR) is 75.5 cm³/mol. The van der Waals surface area contributed by atoms with E-state index in [0.717, 1.165) is 10.6 Å². The molecule has 0 spiro atoms. The van der Waals surface area contributed by atoms with E-state index in [4.69, 9.17) is 10.5 Å². The summed E-state index contributed by atoms with van der Waals surface area (Å²) in [6.45, 7) is 0. The van der Waals surface area contributed by atoms with Crippen LogP contribution >= 0.6 is 11.8 Å². The van der Waals surface area contributed by atoms with E-state index in [1.54, 1.807) is 30.6 Å². The van der Waals surface area contributed by atoms with Crippen molar-refractivity contribution < 1.29 is 0 Å². The third kappa shape index (κ3) is 3.58. The van der Waals surface area contributed by atoms with Gasteiger partial charge in [0.2, 0.25) is 0 Å². The lowest BCUT2D eigenvalue weighted by Gasteiger charge is -2.07. The van der Waals surface area contributed by atoms with Gasteiger partial charge in [0.15, 0.2) is 5.16 Å². The zero-order valence-corrected chi connectivity index (χ0v) is 11.1. The minimum absolute atomic E-state index is 0.0146. The maximum absolute atomic E-state index is 8.70. The Bertz CT molecular complexity index is 681. The molecular formula is C14H9N5S. The van der Waals surface area contributed by atoms with Crippen molar-refractivity contribution >= 4 is 17.4 Å². The van der Waals surface area contributed by atoms with Crippen molar-refractivity contribution in [3.63, 3.8) is 0 Å². The Morgan fingerprint density at radius 2 is 1.80 bits per heavy atom. The number of nitriles is 2. The molecule has 2 aromatic rings. The molecule has 0 aliphatic rings. The second kappa shape index (κ2) is 6.93. The highest BCUT2D eigenvalue weighted by Gasteiger charge is 2.04. The molecule has 1 aromatic carbocycles. The maximum Gasteiger partial charge on any atom is 0.192 e. The van der Waals surface area contributed by atoms with Gasteiger partial charge in [0.25, 0.3) is 0 Å². The minimum atomic E-state index is 0.0146. The molecule has 0 aliphatic carbocycles. The maximum atomic E-state index is 8.70. The van der Waals surface area contributed by atoms with Gasteiger partial charge in [0.1, 0.15) is 17.7 Å². The van der Waals surface area contributed by atoms with Crippen LogP contribution in [0.1, 0.15) is 0 Å². The molecule has 1 N–H and O–H groups in total. The number of para-hydroxylation sites is 1. The SMILES string of the molecule is N#CC(C#N)=CNc1ccccc1Sc1ncccn1. The van der Waals surface area contributed by atoms with Crippen LogP contribution in [0.5, 0.6) is 0 Å². The number of nitrogens with one attached hydrogen (secondary N) is 1. The Labute approximate surface area is 120 Å². The summed E-state index contributed by atoms with van der Waals surface area (Å²) < 4.78 is 0. The van der Waals surface area contributed by atoms with Crippen molar-refractivity contribution in [2.45, 2.75) is 10.1 Å². The molecule has 6 heteroatoms. The first kappa shape index (κ1) is 13.6. The first-order valence-corrected chi connectivity index (χ1v) is 6.46. The van der Waals surface area contributed by atoms with Crippen LogP contribution in [0.3, 0.4) is 0 Å². The van der Waals surface area contributed by atoms with Gasteiger partial charge in [-0.15, -0.1) is 0 Å². The van der Waals surface area contributed by atoms with Gasteiger partial charge in [-0.1, -0.05) is 12.1 Å². The lowest BCUT2D eigenvalue weighted by molar-refractivity contribution is 0.967. The first-order chi connectivity index (χ1) is 9.83. The Morgan fingerprint density at radius 3 is 2.50 bits per heavy atom. The van der Waals surface area contributed by atoms with Crippen molar-refractivity contribution in [1.82, 2.24) is 9.97 Å². The van der Waals surface area contributed by atoms with Gasteiger partial charge in [-0.25, -0.2) is 9.97 Å². The molecule has 0 unspecified atom stereocenters. The van der Waals surface area contributed by atoms with Crippen LogP contribution in [-0.4, -0.2) is 9.97 Å². The summed E-state index contributed by atoms with van der Waals surface area (Å²) in [5.41, 5.74) is 0.800. The monoisotopic (exact) mass is 279 g/mol. The number of rotatable bonds is 4. The summed E-state index contributed by atoms with van der Waals surface area (Å²) in [6, 6.07) is 12.9. The summed E-state index contributed by atoms with van der Waals surface area (Å²) in [6.07, 6.45) is 4.73. The van der Waals surface area contributed by atoms with E-state index in [0.29, 0.717) is 5.16 Å². The van der Waals surface area contributed by atoms with Gasteiger partial charge in [0, 0.05) is 23.5 Å². The summed E-state index contributed by atoms with van der Waals surface area (Å²) in [5.74, 6) is 0. The summed E-state index contributed by atoms with van der Waals surface area (Å²) in [7, 11) is 0. The number of anilines is 1. The Balaban J connectivity index is 2.21. The fourth-order valence-corrected chi connectivity index (χ4v) is 2.16. The minimum Gasteiger partial charge on any atom is -0.359 e. The van der Waals surface area contributed by atoms with E-state index in [-0.39, 0.29) is 5.57 Å². The molecule has 0 aliphatic heterocycles. The molecule has 0 amide bonds. The number of hydrogen-bond donors (Lipinski definition) is 1. The molecule has 0 radical (unpaired) electrons. The molecule has 0 atom stereocenters. The summed E-state index contributed by atoms with van der Waals surface area (Å²) in [5, 5.41) is 21.0. The summed E-state index contributed by atoms with van der Waals surface area (Å²) >= 11 is 1.40. The molecule has 20 heavy (non-hydrogen) atoms. The molecule has 0 saturated heterocycles. The van der Waals surface area contributed by atoms with E-state index in [9.17, 15) is 0 Å². The average molecular weight is 279 g/mol. The number of allylic oxidation sites excluding steroid dienone is 1. The van der Waals surface area contributed by atoms with Crippen LogP contribution in [0.4, 0.5) is 5.69 Å². The van der Waals surface area contributed by atoms with Crippen LogP contribution in [0.2, 0.25) is 0 Å². The third-order valence-corrected chi connectivity index (χ3v) is 3.21. The summed E-state index contributed by atoms with van der Waals surface area (Å²) in [4.78, 5) is 9.20. The predicted octanol–water partition coefficient (Wildman–Crippen LogP) is 2.97. The van der Waals surface area contributed by atoms with E-state index >= 15 is 0 Å². The molecule has 0 saturated carbocycles. The van der Waals surface area contributed by atoms with Crippen molar-refractivity contribution in [2.75, 3.05) is 5.32 Å². The molecule has 96 valence electrons. The van der Waals surface area contributed by atoms with Crippen molar-refractivity contribution in [3.05, 3.63) is 54.5 Å². The molecule has 0 bridgehead atoms. The Hall–Kier alpha value is -2.83. The van der Waals surface area contributed by atoms with Gasteiger partial charge >= 0.3 is 0 Å². The van der Waals surface area contributed by atoms with E-state index in [1.165, 1.54) is 18.0 Å². The highest BCUT2D eigenvalue weighted by molar-refractivity contribution is 7.99. The van der Waals surface area contributed by atoms with Crippen LogP contribution in [-0.2, 0) is 0 Å². The standard InChI is InChI=1S/C14H9N5S/c15-8-11(9-16)10-19-12-4-1-2-5-13(12)20-14-17-6-3-7-18-14/h1-7,10,19H. The lowest BCUT2D eigenvalue weighted by Crippen LogP contribution is -1.92. The molecule has 2 rings (SSSR count). The molecule has 1 aromatic heterocycles. The van der Waals surface area contributed by atoms with Gasteiger partial charge in [-0.3, -0.25) is 0 Å². The molecule has 5 nitrogen and oxygen atoms in total. The number of hydrogen-bond acceptors (Lipinski definition) is 6. The van der Waals surface area contributed by atoms with Gasteiger partial charge in [-0.2, -0.15) is 10.5 Å². The van der Waals surface area contributed by atoms with Gasteiger partial charge in [0.05, 0.1) is 5.69 Å². The fraction of sp³-hybridized carbons (Fsp3) is 0. The zero-order valence-electron chi connectivity index (χ0n) is 10.3. The highest BCUT2D eigenvalue weighted by atomic mass is 32.2. The van der Waals surface area contributed by atoms with E-state index in [2.05, 4.69) is 15.3 Å². The number of benzene rings is 1. The van der Waals surface area contributed by atoms with Gasteiger partial charge < -0.3 is 5.32 Å². The lowest BCUT2D eigenvalue weighted by atomic mass is 10.3. The molecule has 1 heterocycles. The van der Waals surface area contributed by atoms with Crippen molar-refractivity contribution in [2.24, 2.45) is 0 Å². The second-order valence-corrected chi connectivity index (χ2v) is 4.56. The zero-order chi connectivity index (χ0) is 14.2. The van der Waals surface area contributed by atoms with Crippen molar-refractivity contribution in [3.8, 4) is 12.1 Å².